The molecule has 5 rings (SSSR count). The van der Waals surface area contributed by atoms with E-state index in [4.69, 9.17) is 4.74 Å². The molecular weight excluding hydrogens is 370 g/mol. The molecule has 0 spiro atoms. The van der Waals surface area contributed by atoms with Gasteiger partial charge in [0.2, 0.25) is 0 Å². The van der Waals surface area contributed by atoms with Crippen LogP contribution in [0.3, 0.4) is 0 Å². The lowest BCUT2D eigenvalue weighted by Crippen LogP contribution is -2.54. The number of piperidine rings is 1. The van der Waals surface area contributed by atoms with Crippen molar-refractivity contribution in [3.05, 3.63) is 39.6 Å². The van der Waals surface area contributed by atoms with Gasteiger partial charge in [0, 0.05) is 29.8 Å². The minimum Gasteiger partial charge on any atom is -0.464 e. The average molecular weight is 397 g/mol. The second-order valence-corrected chi connectivity index (χ2v) is 8.67. The predicted molar refractivity (Wildman–Crippen MR) is 109 cm³/mol. The fourth-order valence-electron chi connectivity index (χ4n) is 6.27. The molecule has 1 fully saturated rings. The van der Waals surface area contributed by atoms with Crippen LogP contribution in [-0.2, 0) is 16.0 Å². The summed E-state index contributed by atoms with van der Waals surface area (Å²) in [6, 6.07) is 4.97. The number of aromatic nitrogens is 1. The maximum Gasteiger partial charge on any atom is 0.329 e. The van der Waals surface area contributed by atoms with Gasteiger partial charge >= 0.3 is 5.97 Å². The van der Waals surface area contributed by atoms with Crippen LogP contribution in [0, 0.1) is 15.5 Å². The summed E-state index contributed by atoms with van der Waals surface area (Å²) >= 11 is 0. The Hall–Kier alpha value is -2.41. The molecule has 0 aliphatic carbocycles. The second-order valence-electron chi connectivity index (χ2n) is 8.67. The maximum atomic E-state index is 13.1. The molecule has 2 aromatic rings. The molecule has 4 heterocycles. The Kier molecular flexibility index (Phi) is 4.21. The molecule has 3 atom stereocenters. The molecule has 0 saturated carbocycles. The average Bonchev–Trinajstić information content (AvgIpc) is 3.06. The van der Waals surface area contributed by atoms with Crippen molar-refractivity contribution < 1.29 is 14.5 Å². The number of esters is 1. The standard InChI is InChI=1S/C22H27N3O4/c1-3-22-9-5-10-23-11-8-16-15-7-6-14(25(27)28)12-17(15)24(19(16)20(22)23)18(13-22)21(26)29-4-2/h6-7,12,18,20H,3-5,8-11,13H2,1-2H3. The molecule has 0 N–H and O–H groups in total. The van der Waals surface area contributed by atoms with E-state index in [0.717, 1.165) is 56.1 Å². The van der Waals surface area contributed by atoms with Crippen LogP contribution in [0.4, 0.5) is 5.69 Å². The molecule has 3 unspecified atom stereocenters. The third-order valence-electron chi connectivity index (χ3n) is 7.49. The fourth-order valence-corrected chi connectivity index (χ4v) is 6.27. The van der Waals surface area contributed by atoms with Crippen LogP contribution in [0.15, 0.2) is 18.2 Å². The Bertz CT molecular complexity index is 1010. The van der Waals surface area contributed by atoms with E-state index in [2.05, 4.69) is 16.4 Å². The van der Waals surface area contributed by atoms with Gasteiger partial charge in [0.25, 0.3) is 5.69 Å². The number of carbonyl (C=O) groups excluding carboxylic acids is 1. The van der Waals surface area contributed by atoms with Gasteiger partial charge in [-0.3, -0.25) is 15.0 Å². The summed E-state index contributed by atoms with van der Waals surface area (Å²) in [6.45, 7) is 6.50. The Morgan fingerprint density at radius 1 is 1.34 bits per heavy atom. The Labute approximate surface area is 169 Å². The van der Waals surface area contributed by atoms with Gasteiger partial charge < -0.3 is 9.30 Å². The first-order valence-corrected chi connectivity index (χ1v) is 10.7. The van der Waals surface area contributed by atoms with Crippen molar-refractivity contribution in [2.45, 2.75) is 58.0 Å². The van der Waals surface area contributed by atoms with Gasteiger partial charge in [-0.1, -0.05) is 6.92 Å². The van der Waals surface area contributed by atoms with Crippen LogP contribution in [-0.4, -0.2) is 40.1 Å². The minimum atomic E-state index is -0.419. The molecule has 29 heavy (non-hydrogen) atoms. The molecule has 0 bridgehead atoms. The van der Waals surface area contributed by atoms with E-state index in [0.29, 0.717) is 6.61 Å². The van der Waals surface area contributed by atoms with Crippen LogP contribution >= 0.6 is 0 Å². The summed E-state index contributed by atoms with van der Waals surface area (Å²) in [5.74, 6) is -0.215. The summed E-state index contributed by atoms with van der Waals surface area (Å²) in [6.07, 6.45) is 4.94. The SMILES string of the molecule is CCOC(=O)C1CC2(CC)CCCN3CCc4c(n1c1cc([N+](=O)[O-])ccc41)C32. The third-order valence-corrected chi connectivity index (χ3v) is 7.49. The quantitative estimate of drug-likeness (QED) is 0.440. The Balaban J connectivity index is 1.82. The molecule has 7 heteroatoms. The highest BCUT2D eigenvalue weighted by atomic mass is 16.6. The van der Waals surface area contributed by atoms with Crippen LogP contribution in [0.2, 0.25) is 0 Å². The zero-order chi connectivity index (χ0) is 20.3. The van der Waals surface area contributed by atoms with Gasteiger partial charge in [-0.25, -0.2) is 4.79 Å². The van der Waals surface area contributed by atoms with E-state index in [9.17, 15) is 14.9 Å². The Morgan fingerprint density at radius 2 is 2.17 bits per heavy atom. The number of nitrogens with zero attached hydrogens (tertiary/aromatic N) is 3. The van der Waals surface area contributed by atoms with Crippen LogP contribution in [0.5, 0.6) is 0 Å². The molecule has 154 valence electrons. The lowest BCUT2D eigenvalue weighted by atomic mass is 9.63. The number of carbonyl (C=O) groups is 1. The van der Waals surface area contributed by atoms with Gasteiger partial charge in [0.05, 0.1) is 23.1 Å². The summed E-state index contributed by atoms with van der Waals surface area (Å²) in [7, 11) is 0. The van der Waals surface area contributed by atoms with E-state index >= 15 is 0 Å². The number of benzene rings is 1. The normalized spacial score (nSPS) is 28.2. The highest BCUT2D eigenvalue weighted by molar-refractivity contribution is 5.90. The van der Waals surface area contributed by atoms with Gasteiger partial charge in [-0.05, 0) is 62.6 Å². The van der Waals surface area contributed by atoms with Crippen LogP contribution < -0.4 is 0 Å². The molecule has 0 radical (unpaired) electrons. The first-order chi connectivity index (χ1) is 14.0. The number of ether oxygens (including phenoxy) is 1. The van der Waals surface area contributed by atoms with Gasteiger partial charge in [0.1, 0.15) is 6.04 Å². The van der Waals surface area contributed by atoms with Gasteiger partial charge in [0.15, 0.2) is 0 Å². The molecule has 7 nitrogen and oxygen atoms in total. The first-order valence-electron chi connectivity index (χ1n) is 10.7. The van der Waals surface area contributed by atoms with E-state index in [1.807, 2.05) is 13.0 Å². The van der Waals surface area contributed by atoms with Gasteiger partial charge in [-0.2, -0.15) is 0 Å². The first kappa shape index (κ1) is 18.6. The summed E-state index contributed by atoms with van der Waals surface area (Å²) in [4.78, 5) is 26.7. The number of rotatable bonds is 4. The minimum absolute atomic E-state index is 0.0567. The highest BCUT2D eigenvalue weighted by Crippen LogP contribution is 2.59. The number of non-ortho nitro benzene ring substituents is 1. The lowest BCUT2D eigenvalue weighted by molar-refractivity contribution is -0.384. The summed E-state index contributed by atoms with van der Waals surface area (Å²) in [5.41, 5.74) is 3.40. The highest BCUT2D eigenvalue weighted by Gasteiger charge is 2.54. The molecule has 1 saturated heterocycles. The van der Waals surface area contributed by atoms with Crippen molar-refractivity contribution in [2.75, 3.05) is 19.7 Å². The van der Waals surface area contributed by atoms with Crippen molar-refractivity contribution in [3.63, 3.8) is 0 Å². The number of fused-ring (bicyclic) bond motifs is 3. The number of nitro benzene ring substituents is 1. The van der Waals surface area contributed by atoms with E-state index in [1.54, 1.807) is 12.1 Å². The molecule has 1 aromatic heterocycles. The largest absolute Gasteiger partial charge is 0.464 e. The van der Waals surface area contributed by atoms with E-state index in [-0.39, 0.29) is 28.0 Å². The summed E-state index contributed by atoms with van der Waals surface area (Å²) in [5, 5.41) is 12.5. The molecule has 3 aliphatic heterocycles. The number of nitro groups is 1. The van der Waals surface area contributed by atoms with Crippen molar-refractivity contribution in [2.24, 2.45) is 5.41 Å². The number of hydrogen-bond acceptors (Lipinski definition) is 5. The van der Waals surface area contributed by atoms with E-state index < -0.39 is 6.04 Å². The van der Waals surface area contributed by atoms with Gasteiger partial charge in [-0.15, -0.1) is 0 Å². The predicted octanol–water partition coefficient (Wildman–Crippen LogP) is 4.15. The van der Waals surface area contributed by atoms with Crippen molar-refractivity contribution >= 4 is 22.6 Å². The number of hydrogen-bond donors (Lipinski definition) is 0. The van der Waals surface area contributed by atoms with Crippen molar-refractivity contribution in [1.29, 1.82) is 0 Å². The second kappa shape index (κ2) is 6.55. The smallest absolute Gasteiger partial charge is 0.329 e. The zero-order valence-electron chi connectivity index (χ0n) is 17.0. The third kappa shape index (κ3) is 2.49. The van der Waals surface area contributed by atoms with Crippen molar-refractivity contribution in [3.8, 4) is 0 Å². The monoisotopic (exact) mass is 397 g/mol. The van der Waals surface area contributed by atoms with Crippen molar-refractivity contribution in [1.82, 2.24) is 9.47 Å². The fraction of sp³-hybridized carbons (Fsp3) is 0.591. The molecule has 3 aliphatic rings. The Morgan fingerprint density at radius 3 is 2.90 bits per heavy atom. The van der Waals surface area contributed by atoms with Crippen LogP contribution in [0.25, 0.3) is 10.9 Å². The van der Waals surface area contributed by atoms with E-state index in [1.165, 1.54) is 11.3 Å². The molecular formula is C22H27N3O4. The van der Waals surface area contributed by atoms with Crippen LogP contribution in [0.1, 0.15) is 62.9 Å². The summed E-state index contributed by atoms with van der Waals surface area (Å²) < 4.78 is 7.58. The molecule has 1 aromatic carbocycles. The molecule has 0 amide bonds. The zero-order valence-corrected chi connectivity index (χ0v) is 17.0. The topological polar surface area (TPSA) is 77.6 Å². The lowest BCUT2D eigenvalue weighted by Gasteiger charge is -2.56. The maximum absolute atomic E-state index is 13.1.